The van der Waals surface area contributed by atoms with E-state index < -0.39 is 0 Å². The monoisotopic (exact) mass is 180 g/mol. The number of carbonyl (C=O) groups is 1. The van der Waals surface area contributed by atoms with Gasteiger partial charge in [-0.2, -0.15) is 0 Å². The molecule has 0 saturated heterocycles. The van der Waals surface area contributed by atoms with Gasteiger partial charge < -0.3 is 4.74 Å². The number of rotatable bonds is 3. The predicted molar refractivity (Wildman–Crippen MR) is 47.4 cm³/mol. The van der Waals surface area contributed by atoms with Crippen LogP contribution in [-0.4, -0.2) is 22.5 Å². The van der Waals surface area contributed by atoms with Crippen molar-refractivity contribution in [3.63, 3.8) is 0 Å². The Kier molecular flexibility index (Phi) is 3.37. The average molecular weight is 180 g/mol. The maximum atomic E-state index is 11.1. The summed E-state index contributed by atoms with van der Waals surface area (Å²) in [5.41, 5.74) is 0.402. The van der Waals surface area contributed by atoms with Gasteiger partial charge in [0.15, 0.2) is 0 Å². The molecule has 1 aromatic rings. The number of nitrogens with zero attached hydrogens (tertiary/aromatic N) is 2. The fraction of sp³-hybridized carbons (Fsp3) is 0.444. The molecule has 0 aliphatic carbocycles. The van der Waals surface area contributed by atoms with Gasteiger partial charge >= 0.3 is 5.97 Å². The second-order valence-electron chi connectivity index (χ2n) is 2.46. The molecule has 0 atom stereocenters. The minimum atomic E-state index is -0.370. The Balaban J connectivity index is 2.74. The highest BCUT2D eigenvalue weighted by Crippen LogP contribution is 1.99. The number of hydrogen-bond donors (Lipinski definition) is 0. The lowest BCUT2D eigenvalue weighted by atomic mass is 10.3. The molecule has 0 N–H and O–H groups in total. The second kappa shape index (κ2) is 4.54. The van der Waals surface area contributed by atoms with Crippen LogP contribution in [-0.2, 0) is 11.2 Å². The van der Waals surface area contributed by atoms with Crippen LogP contribution < -0.4 is 0 Å². The van der Waals surface area contributed by atoms with Gasteiger partial charge in [0.25, 0.3) is 0 Å². The van der Waals surface area contributed by atoms with E-state index in [2.05, 4.69) is 9.97 Å². The van der Waals surface area contributed by atoms with Crippen molar-refractivity contribution in [1.29, 1.82) is 0 Å². The van der Waals surface area contributed by atoms with Gasteiger partial charge in [-0.25, -0.2) is 14.8 Å². The van der Waals surface area contributed by atoms with Crippen LogP contribution >= 0.6 is 0 Å². The highest BCUT2D eigenvalue weighted by Gasteiger charge is 2.06. The molecule has 70 valence electrons. The van der Waals surface area contributed by atoms with E-state index in [9.17, 15) is 4.79 Å². The Morgan fingerprint density at radius 2 is 2.00 bits per heavy atom. The Morgan fingerprint density at radius 3 is 2.46 bits per heavy atom. The largest absolute Gasteiger partial charge is 0.462 e. The molecule has 0 unspecified atom stereocenters. The fourth-order valence-corrected chi connectivity index (χ4v) is 0.857. The van der Waals surface area contributed by atoms with Crippen LogP contribution in [0.5, 0.6) is 0 Å². The first-order chi connectivity index (χ1) is 6.27. The molecule has 0 aliphatic rings. The third kappa shape index (κ3) is 2.50. The molecule has 13 heavy (non-hydrogen) atoms. The van der Waals surface area contributed by atoms with E-state index in [1.165, 1.54) is 12.4 Å². The number of ether oxygens (including phenoxy) is 1. The van der Waals surface area contributed by atoms with E-state index in [0.717, 1.165) is 12.2 Å². The zero-order valence-corrected chi connectivity index (χ0v) is 7.78. The molecule has 0 amide bonds. The van der Waals surface area contributed by atoms with Crippen molar-refractivity contribution in [2.24, 2.45) is 0 Å². The first kappa shape index (κ1) is 9.64. The van der Waals surface area contributed by atoms with Crippen LogP contribution in [0.3, 0.4) is 0 Å². The molecule has 4 heteroatoms. The van der Waals surface area contributed by atoms with Gasteiger partial charge in [-0.15, -0.1) is 0 Å². The average Bonchev–Trinajstić information content (AvgIpc) is 2.18. The number of aromatic nitrogens is 2. The van der Waals surface area contributed by atoms with E-state index in [1.54, 1.807) is 6.92 Å². The second-order valence-corrected chi connectivity index (χ2v) is 2.46. The highest BCUT2D eigenvalue weighted by atomic mass is 16.5. The van der Waals surface area contributed by atoms with Gasteiger partial charge in [-0.3, -0.25) is 0 Å². The molecule has 1 rings (SSSR count). The topological polar surface area (TPSA) is 52.1 Å². The summed E-state index contributed by atoms with van der Waals surface area (Å²) in [5.74, 6) is 0.359. The van der Waals surface area contributed by atoms with Crippen molar-refractivity contribution in [3.05, 3.63) is 23.8 Å². The van der Waals surface area contributed by atoms with Crippen molar-refractivity contribution in [3.8, 4) is 0 Å². The summed E-state index contributed by atoms with van der Waals surface area (Å²) in [5, 5.41) is 0. The Labute approximate surface area is 77.0 Å². The summed E-state index contributed by atoms with van der Waals surface area (Å²) in [6, 6.07) is 0. The van der Waals surface area contributed by atoms with Crippen LogP contribution in [0.25, 0.3) is 0 Å². The fourth-order valence-electron chi connectivity index (χ4n) is 0.857. The molecule has 0 aliphatic heterocycles. The quantitative estimate of drug-likeness (QED) is 0.656. The maximum Gasteiger partial charge on any atom is 0.341 e. The number of hydrogen-bond acceptors (Lipinski definition) is 4. The summed E-state index contributed by atoms with van der Waals surface area (Å²) in [6.07, 6.45) is 3.75. The minimum absolute atomic E-state index is 0.369. The van der Waals surface area contributed by atoms with Gasteiger partial charge in [0.1, 0.15) is 5.82 Å². The molecule has 0 bridgehead atoms. The molecule has 1 heterocycles. The molecule has 0 aromatic carbocycles. The van der Waals surface area contributed by atoms with Crippen molar-refractivity contribution in [2.75, 3.05) is 6.61 Å². The van der Waals surface area contributed by atoms with Gasteiger partial charge in [0.05, 0.1) is 12.2 Å². The van der Waals surface area contributed by atoms with Gasteiger partial charge in [0.2, 0.25) is 0 Å². The lowest BCUT2D eigenvalue weighted by Gasteiger charge is -2.00. The molecule has 0 fully saturated rings. The van der Waals surface area contributed by atoms with E-state index in [0.29, 0.717) is 12.2 Å². The SMILES string of the molecule is CCOC(=O)c1cnc(CC)nc1. The van der Waals surface area contributed by atoms with Crippen molar-refractivity contribution >= 4 is 5.97 Å². The van der Waals surface area contributed by atoms with E-state index in [1.807, 2.05) is 6.92 Å². The lowest BCUT2D eigenvalue weighted by molar-refractivity contribution is 0.0525. The summed E-state index contributed by atoms with van der Waals surface area (Å²) in [6.45, 7) is 4.09. The number of esters is 1. The van der Waals surface area contributed by atoms with Crippen LogP contribution in [0.1, 0.15) is 30.0 Å². The summed E-state index contributed by atoms with van der Waals surface area (Å²) < 4.78 is 4.78. The van der Waals surface area contributed by atoms with E-state index in [-0.39, 0.29) is 5.97 Å². The molecule has 0 spiro atoms. The summed E-state index contributed by atoms with van der Waals surface area (Å²) >= 11 is 0. The zero-order chi connectivity index (χ0) is 9.68. The Morgan fingerprint density at radius 1 is 1.38 bits per heavy atom. The van der Waals surface area contributed by atoms with Gasteiger partial charge in [-0.1, -0.05) is 6.92 Å². The van der Waals surface area contributed by atoms with Gasteiger partial charge in [0, 0.05) is 18.8 Å². The first-order valence-corrected chi connectivity index (χ1v) is 4.26. The van der Waals surface area contributed by atoms with E-state index in [4.69, 9.17) is 4.74 Å². The molecule has 4 nitrogen and oxygen atoms in total. The van der Waals surface area contributed by atoms with Crippen LogP contribution in [0, 0.1) is 0 Å². The number of aryl methyl sites for hydroxylation is 1. The normalized spacial score (nSPS) is 9.69. The Bertz CT molecular complexity index is 282. The maximum absolute atomic E-state index is 11.1. The number of carbonyl (C=O) groups excluding carboxylic acids is 1. The van der Waals surface area contributed by atoms with Crippen molar-refractivity contribution in [1.82, 2.24) is 9.97 Å². The lowest BCUT2D eigenvalue weighted by Crippen LogP contribution is -2.06. The minimum Gasteiger partial charge on any atom is -0.462 e. The third-order valence-electron chi connectivity index (χ3n) is 1.53. The van der Waals surface area contributed by atoms with Crippen molar-refractivity contribution < 1.29 is 9.53 Å². The molecule has 1 aromatic heterocycles. The standard InChI is InChI=1S/C9H12N2O2/c1-3-8-10-5-7(6-11-8)9(12)13-4-2/h5-6H,3-4H2,1-2H3. The molecule has 0 saturated carbocycles. The van der Waals surface area contributed by atoms with Crippen LogP contribution in [0.2, 0.25) is 0 Å². The van der Waals surface area contributed by atoms with Crippen LogP contribution in [0.4, 0.5) is 0 Å². The first-order valence-electron chi connectivity index (χ1n) is 4.26. The molecule has 0 radical (unpaired) electrons. The Hall–Kier alpha value is -1.45. The molecular formula is C9H12N2O2. The summed E-state index contributed by atoms with van der Waals surface area (Å²) in [7, 11) is 0. The van der Waals surface area contributed by atoms with E-state index >= 15 is 0 Å². The third-order valence-corrected chi connectivity index (χ3v) is 1.53. The summed E-state index contributed by atoms with van der Waals surface area (Å²) in [4.78, 5) is 19.1. The molecular weight excluding hydrogens is 168 g/mol. The van der Waals surface area contributed by atoms with Crippen molar-refractivity contribution in [2.45, 2.75) is 20.3 Å². The highest BCUT2D eigenvalue weighted by molar-refractivity contribution is 5.88. The predicted octanol–water partition coefficient (Wildman–Crippen LogP) is 1.22. The zero-order valence-electron chi connectivity index (χ0n) is 7.78. The van der Waals surface area contributed by atoms with Crippen LogP contribution in [0.15, 0.2) is 12.4 Å². The smallest absolute Gasteiger partial charge is 0.341 e. The van der Waals surface area contributed by atoms with Gasteiger partial charge in [-0.05, 0) is 6.92 Å².